The minimum absolute atomic E-state index is 0.00359. The summed E-state index contributed by atoms with van der Waals surface area (Å²) in [5.74, 6) is -0.601. The lowest BCUT2D eigenvalue weighted by molar-refractivity contribution is -0.114. The summed E-state index contributed by atoms with van der Waals surface area (Å²) < 4.78 is 19.3. The second-order valence-corrected chi connectivity index (χ2v) is 6.48. The van der Waals surface area contributed by atoms with E-state index in [1.54, 1.807) is 11.9 Å². The van der Waals surface area contributed by atoms with Gasteiger partial charge in [-0.15, -0.1) is 0 Å². The second kappa shape index (κ2) is 5.78. The molecule has 1 unspecified atom stereocenters. The van der Waals surface area contributed by atoms with Gasteiger partial charge in [0, 0.05) is 7.05 Å². The predicted molar refractivity (Wildman–Crippen MR) is 80.3 cm³/mol. The molecule has 2 aliphatic rings. The van der Waals surface area contributed by atoms with Crippen molar-refractivity contribution >= 4 is 5.91 Å². The molecule has 1 aliphatic carbocycles. The average Bonchev–Trinajstić information content (AvgIpc) is 3.03. The van der Waals surface area contributed by atoms with Crippen LogP contribution in [0.2, 0.25) is 0 Å². The third-order valence-corrected chi connectivity index (χ3v) is 5.06. The summed E-state index contributed by atoms with van der Waals surface area (Å²) in [6.45, 7) is 0.138. The first-order valence-corrected chi connectivity index (χ1v) is 7.93. The lowest BCUT2D eigenvalue weighted by Crippen LogP contribution is -2.30. The molecule has 1 heterocycles. The molecule has 3 rings (SSSR count). The number of hydrogen-bond acceptors (Lipinski definition) is 3. The molecule has 120 valence electrons. The van der Waals surface area contributed by atoms with E-state index in [2.05, 4.69) is 0 Å². The van der Waals surface area contributed by atoms with E-state index in [-0.39, 0.29) is 18.3 Å². The van der Waals surface area contributed by atoms with Gasteiger partial charge in [-0.05, 0) is 24.5 Å². The van der Waals surface area contributed by atoms with Crippen molar-refractivity contribution in [1.82, 2.24) is 4.90 Å². The number of nitrogens with zero attached hydrogens (tertiary/aromatic N) is 1. The van der Waals surface area contributed by atoms with Crippen LogP contribution < -0.4 is 4.74 Å². The van der Waals surface area contributed by atoms with Crippen LogP contribution in [0, 0.1) is 11.7 Å². The van der Waals surface area contributed by atoms with Gasteiger partial charge in [-0.25, -0.2) is 0 Å². The second-order valence-electron chi connectivity index (χ2n) is 6.48. The number of rotatable bonds is 5. The molecule has 1 aromatic rings. The maximum atomic E-state index is 13.8. The molecule has 0 radical (unpaired) electrons. The van der Waals surface area contributed by atoms with Gasteiger partial charge >= 0.3 is 0 Å². The van der Waals surface area contributed by atoms with Crippen LogP contribution in [0.25, 0.3) is 0 Å². The van der Waals surface area contributed by atoms with Crippen LogP contribution in [0.1, 0.15) is 38.5 Å². The molecule has 1 aliphatic heterocycles. The van der Waals surface area contributed by atoms with Gasteiger partial charge in [0.15, 0.2) is 17.0 Å². The van der Waals surface area contributed by atoms with Crippen molar-refractivity contribution in [3.8, 4) is 11.5 Å². The number of ether oxygens (including phenoxy) is 1. The van der Waals surface area contributed by atoms with E-state index in [0.717, 1.165) is 19.3 Å². The lowest BCUT2D eigenvalue weighted by Gasteiger charge is -2.25. The number of aromatic hydroxyl groups is 1. The van der Waals surface area contributed by atoms with Crippen LogP contribution in [0.5, 0.6) is 11.5 Å². The molecule has 2 fully saturated rings. The van der Waals surface area contributed by atoms with E-state index in [4.69, 9.17) is 4.74 Å². The number of amides is 1. The molecule has 22 heavy (non-hydrogen) atoms. The number of hydrogen-bond donors (Lipinski definition) is 1. The highest BCUT2D eigenvalue weighted by Crippen LogP contribution is 2.42. The van der Waals surface area contributed by atoms with Gasteiger partial charge in [0.1, 0.15) is 6.61 Å². The first-order valence-electron chi connectivity index (χ1n) is 7.93. The summed E-state index contributed by atoms with van der Waals surface area (Å²) >= 11 is 0. The molecule has 5 heteroatoms. The molecule has 0 bridgehead atoms. The summed E-state index contributed by atoms with van der Waals surface area (Å²) in [4.78, 5) is 13.8. The Balaban J connectivity index is 1.67. The Kier molecular flexibility index (Phi) is 3.98. The molecule has 4 nitrogen and oxygen atoms in total. The summed E-state index contributed by atoms with van der Waals surface area (Å²) in [5, 5.41) is 9.38. The standard InChI is InChI=1S/C17H22FNO3/c1-19-16(21)17(19,10-12-6-3-2-4-7-12)11-22-14-9-5-8-13(20)15(14)18/h5,8-9,12,20H,2-4,6-7,10-11H2,1H3. The number of carbonyl (C=O) groups is 1. The first-order chi connectivity index (χ1) is 10.5. The van der Waals surface area contributed by atoms with Crippen molar-refractivity contribution in [3.63, 3.8) is 0 Å². The maximum Gasteiger partial charge on any atom is 0.252 e. The highest BCUT2D eigenvalue weighted by molar-refractivity contribution is 6.02. The summed E-state index contributed by atoms with van der Waals surface area (Å²) in [6.07, 6.45) is 6.81. The Labute approximate surface area is 129 Å². The van der Waals surface area contributed by atoms with E-state index in [0.29, 0.717) is 5.92 Å². The monoisotopic (exact) mass is 307 g/mol. The first kappa shape index (κ1) is 15.1. The van der Waals surface area contributed by atoms with Crippen molar-refractivity contribution < 1.29 is 19.0 Å². The number of halogens is 1. The zero-order valence-corrected chi connectivity index (χ0v) is 12.8. The van der Waals surface area contributed by atoms with Gasteiger partial charge in [0.25, 0.3) is 5.91 Å². The van der Waals surface area contributed by atoms with Crippen LogP contribution in [-0.2, 0) is 4.79 Å². The SMILES string of the molecule is CN1C(=O)C1(COc1cccc(O)c1F)CC1CCCCC1. The summed E-state index contributed by atoms with van der Waals surface area (Å²) in [5.41, 5.74) is -0.611. The van der Waals surface area contributed by atoms with Gasteiger partial charge in [-0.3, -0.25) is 4.79 Å². The third kappa shape index (κ3) is 2.64. The normalized spacial score (nSPS) is 25.4. The third-order valence-electron chi connectivity index (χ3n) is 5.06. The fourth-order valence-electron chi connectivity index (χ4n) is 3.54. The van der Waals surface area contributed by atoms with E-state index in [1.807, 2.05) is 0 Å². The van der Waals surface area contributed by atoms with Gasteiger partial charge in [-0.2, -0.15) is 4.39 Å². The Morgan fingerprint density at radius 2 is 2.05 bits per heavy atom. The Hall–Kier alpha value is -1.78. The van der Waals surface area contributed by atoms with Gasteiger partial charge in [0.2, 0.25) is 5.82 Å². The number of benzene rings is 1. The number of phenols is 1. The van der Waals surface area contributed by atoms with E-state index in [9.17, 15) is 14.3 Å². The van der Waals surface area contributed by atoms with Crippen molar-refractivity contribution in [2.45, 2.75) is 44.1 Å². The quantitative estimate of drug-likeness (QED) is 0.850. The molecular formula is C17H22FNO3. The van der Waals surface area contributed by atoms with E-state index in [1.165, 1.54) is 37.5 Å². The Morgan fingerprint density at radius 1 is 1.36 bits per heavy atom. The minimum Gasteiger partial charge on any atom is -0.505 e. The fourth-order valence-corrected chi connectivity index (χ4v) is 3.54. The van der Waals surface area contributed by atoms with Crippen LogP contribution in [-0.4, -0.2) is 35.1 Å². The number of likely N-dealkylation sites (N-methyl/N-ethyl adjacent to an activating group) is 1. The number of carbonyl (C=O) groups excluding carboxylic acids is 1. The van der Waals surface area contributed by atoms with E-state index < -0.39 is 17.1 Å². The average molecular weight is 307 g/mol. The zero-order chi connectivity index (χ0) is 15.7. The smallest absolute Gasteiger partial charge is 0.252 e. The van der Waals surface area contributed by atoms with Gasteiger partial charge in [-0.1, -0.05) is 38.2 Å². The molecule has 1 saturated carbocycles. The fraction of sp³-hybridized carbons (Fsp3) is 0.588. The zero-order valence-electron chi connectivity index (χ0n) is 12.8. The molecule has 0 aromatic heterocycles. The molecule has 1 N–H and O–H groups in total. The van der Waals surface area contributed by atoms with Crippen LogP contribution in [0.3, 0.4) is 0 Å². The molecule has 1 atom stereocenters. The lowest BCUT2D eigenvalue weighted by atomic mass is 9.82. The Bertz CT molecular complexity index is 571. The molecule has 0 spiro atoms. The molecule has 1 aromatic carbocycles. The minimum atomic E-state index is -0.772. The maximum absolute atomic E-state index is 13.8. The highest BCUT2D eigenvalue weighted by atomic mass is 19.1. The van der Waals surface area contributed by atoms with Crippen molar-refractivity contribution in [2.24, 2.45) is 5.92 Å². The van der Waals surface area contributed by atoms with E-state index >= 15 is 0 Å². The van der Waals surface area contributed by atoms with Crippen LogP contribution >= 0.6 is 0 Å². The van der Waals surface area contributed by atoms with Crippen LogP contribution in [0.15, 0.2) is 18.2 Å². The molecule has 1 saturated heterocycles. The molecular weight excluding hydrogens is 285 g/mol. The predicted octanol–water partition coefficient (Wildman–Crippen LogP) is 3.09. The van der Waals surface area contributed by atoms with Gasteiger partial charge in [0.05, 0.1) is 0 Å². The Morgan fingerprint density at radius 3 is 2.68 bits per heavy atom. The van der Waals surface area contributed by atoms with Crippen molar-refractivity contribution in [1.29, 1.82) is 0 Å². The largest absolute Gasteiger partial charge is 0.505 e. The number of phenolic OH excluding ortho intramolecular Hbond substituents is 1. The highest BCUT2D eigenvalue weighted by Gasteiger charge is 2.61. The topological polar surface area (TPSA) is 49.5 Å². The molecule has 1 amide bonds. The summed E-state index contributed by atoms with van der Waals surface area (Å²) in [6, 6.07) is 4.27. The summed E-state index contributed by atoms with van der Waals surface area (Å²) in [7, 11) is 1.77. The van der Waals surface area contributed by atoms with Crippen molar-refractivity contribution in [2.75, 3.05) is 13.7 Å². The van der Waals surface area contributed by atoms with Gasteiger partial charge < -0.3 is 14.7 Å². The van der Waals surface area contributed by atoms with Crippen molar-refractivity contribution in [3.05, 3.63) is 24.0 Å². The van der Waals surface area contributed by atoms with Crippen LogP contribution in [0.4, 0.5) is 4.39 Å².